The molecule has 23 heavy (non-hydrogen) atoms. The van der Waals surface area contributed by atoms with Crippen LogP contribution in [0.15, 0.2) is 40.8 Å². The fourth-order valence-corrected chi connectivity index (χ4v) is 2.08. The molecule has 2 rings (SSSR count). The molecule has 0 saturated carbocycles. The van der Waals surface area contributed by atoms with Gasteiger partial charge in [-0.1, -0.05) is 24.0 Å². The van der Waals surface area contributed by atoms with Gasteiger partial charge in [-0.15, -0.1) is 0 Å². The molecule has 0 atom stereocenters. The Morgan fingerprint density at radius 1 is 1.17 bits per heavy atom. The van der Waals surface area contributed by atoms with Gasteiger partial charge in [0, 0.05) is 17.7 Å². The molecular formula is C18H21N3O2. The summed E-state index contributed by atoms with van der Waals surface area (Å²) in [6, 6.07) is 11.1. The van der Waals surface area contributed by atoms with Gasteiger partial charge in [0.1, 0.15) is 5.76 Å². The average Bonchev–Trinajstić information content (AvgIpc) is 3.07. The van der Waals surface area contributed by atoms with Gasteiger partial charge in [-0.2, -0.15) is 0 Å². The standard InChI is InChI=1S/C18H21N3O2/c19-10-1-2-12-21-18(22)17-9-8-16(23-17)15-7-3-5-14(13-15)6-4-11-20/h3,5,7-9,13H,1-2,10-12,19-20H2,(H,21,22). The third-order valence-electron chi connectivity index (χ3n) is 3.23. The number of amides is 1. The highest BCUT2D eigenvalue weighted by Gasteiger charge is 2.11. The zero-order valence-corrected chi connectivity index (χ0v) is 13.0. The summed E-state index contributed by atoms with van der Waals surface area (Å²) < 4.78 is 5.64. The van der Waals surface area contributed by atoms with Crippen LogP contribution in [0.5, 0.6) is 0 Å². The maximum atomic E-state index is 12.0. The lowest BCUT2D eigenvalue weighted by Gasteiger charge is -2.02. The summed E-state index contributed by atoms with van der Waals surface area (Å²) in [6.45, 7) is 1.54. The molecule has 5 nitrogen and oxygen atoms in total. The average molecular weight is 311 g/mol. The SMILES string of the molecule is NCC#Cc1cccc(-c2ccc(C(=O)NCCCCN)o2)c1. The fourth-order valence-electron chi connectivity index (χ4n) is 2.08. The van der Waals surface area contributed by atoms with Crippen LogP contribution in [0, 0.1) is 11.8 Å². The van der Waals surface area contributed by atoms with Crippen LogP contribution in [-0.2, 0) is 0 Å². The van der Waals surface area contributed by atoms with Crippen LogP contribution in [0.2, 0.25) is 0 Å². The molecule has 0 aliphatic carbocycles. The summed E-state index contributed by atoms with van der Waals surface area (Å²) in [7, 11) is 0. The van der Waals surface area contributed by atoms with Crippen molar-refractivity contribution in [3.05, 3.63) is 47.7 Å². The van der Waals surface area contributed by atoms with Crippen LogP contribution >= 0.6 is 0 Å². The lowest BCUT2D eigenvalue weighted by atomic mass is 10.1. The number of rotatable bonds is 6. The first-order valence-electron chi connectivity index (χ1n) is 7.62. The minimum atomic E-state index is -0.215. The van der Waals surface area contributed by atoms with Crippen LogP contribution in [0.25, 0.3) is 11.3 Å². The van der Waals surface area contributed by atoms with Crippen molar-refractivity contribution < 1.29 is 9.21 Å². The smallest absolute Gasteiger partial charge is 0.287 e. The lowest BCUT2D eigenvalue weighted by Crippen LogP contribution is -2.24. The summed E-state index contributed by atoms with van der Waals surface area (Å²) in [5, 5.41) is 2.81. The van der Waals surface area contributed by atoms with Crippen LogP contribution in [-0.4, -0.2) is 25.5 Å². The monoisotopic (exact) mass is 311 g/mol. The molecule has 0 unspecified atom stereocenters. The van der Waals surface area contributed by atoms with Gasteiger partial charge in [-0.3, -0.25) is 4.79 Å². The number of unbranched alkanes of at least 4 members (excludes halogenated alkanes) is 1. The Balaban J connectivity index is 2.05. The highest BCUT2D eigenvalue weighted by atomic mass is 16.3. The number of hydrogen-bond acceptors (Lipinski definition) is 4. The number of carbonyl (C=O) groups is 1. The highest BCUT2D eigenvalue weighted by molar-refractivity contribution is 5.92. The lowest BCUT2D eigenvalue weighted by molar-refractivity contribution is 0.0926. The van der Waals surface area contributed by atoms with E-state index in [2.05, 4.69) is 17.2 Å². The first-order chi connectivity index (χ1) is 11.2. The van der Waals surface area contributed by atoms with Crippen molar-refractivity contribution in [3.8, 4) is 23.2 Å². The van der Waals surface area contributed by atoms with E-state index in [1.165, 1.54) is 0 Å². The Kier molecular flexibility index (Phi) is 6.42. The number of benzene rings is 1. The summed E-state index contributed by atoms with van der Waals surface area (Å²) >= 11 is 0. The zero-order chi connectivity index (χ0) is 16.5. The van der Waals surface area contributed by atoms with E-state index >= 15 is 0 Å². The molecular weight excluding hydrogens is 290 g/mol. The number of nitrogens with one attached hydrogen (secondary N) is 1. The molecule has 0 spiro atoms. The molecule has 2 aromatic rings. The first-order valence-corrected chi connectivity index (χ1v) is 7.62. The van der Waals surface area contributed by atoms with Crippen molar-refractivity contribution in [1.29, 1.82) is 0 Å². The first kappa shape index (κ1) is 16.8. The topological polar surface area (TPSA) is 94.3 Å². The van der Waals surface area contributed by atoms with Gasteiger partial charge < -0.3 is 21.2 Å². The normalized spacial score (nSPS) is 10.0. The molecule has 0 aliphatic rings. The Morgan fingerprint density at radius 3 is 2.83 bits per heavy atom. The van der Waals surface area contributed by atoms with Gasteiger partial charge in [0.05, 0.1) is 6.54 Å². The molecule has 0 fully saturated rings. The van der Waals surface area contributed by atoms with E-state index in [9.17, 15) is 4.79 Å². The third kappa shape index (κ3) is 4.99. The van der Waals surface area contributed by atoms with Gasteiger partial charge >= 0.3 is 0 Å². The van der Waals surface area contributed by atoms with Gasteiger partial charge in [0.2, 0.25) is 0 Å². The fraction of sp³-hybridized carbons (Fsp3) is 0.278. The molecule has 120 valence electrons. The number of furan rings is 1. The molecule has 5 heteroatoms. The summed E-state index contributed by atoms with van der Waals surface area (Å²) in [5.41, 5.74) is 12.5. The van der Waals surface area contributed by atoms with Crippen molar-refractivity contribution in [2.24, 2.45) is 11.5 Å². The van der Waals surface area contributed by atoms with Crippen molar-refractivity contribution in [3.63, 3.8) is 0 Å². The van der Waals surface area contributed by atoms with Gasteiger partial charge in [0.25, 0.3) is 5.91 Å². The molecule has 0 aliphatic heterocycles. The molecule has 0 saturated heterocycles. The molecule has 0 radical (unpaired) electrons. The summed E-state index contributed by atoms with van der Waals surface area (Å²) in [4.78, 5) is 12.0. The van der Waals surface area contributed by atoms with E-state index in [1.807, 2.05) is 24.3 Å². The van der Waals surface area contributed by atoms with Crippen LogP contribution in [0.1, 0.15) is 29.0 Å². The Morgan fingerprint density at radius 2 is 2.04 bits per heavy atom. The minimum Gasteiger partial charge on any atom is -0.451 e. The van der Waals surface area contributed by atoms with Crippen LogP contribution in [0.3, 0.4) is 0 Å². The predicted molar refractivity (Wildman–Crippen MR) is 90.7 cm³/mol. The second kappa shape index (κ2) is 8.79. The predicted octanol–water partition coefficient (Wildman–Crippen LogP) is 1.73. The molecule has 1 heterocycles. The Bertz CT molecular complexity index is 710. The van der Waals surface area contributed by atoms with Crippen molar-refractivity contribution in [1.82, 2.24) is 5.32 Å². The Hall–Kier alpha value is -2.55. The van der Waals surface area contributed by atoms with E-state index in [1.54, 1.807) is 12.1 Å². The van der Waals surface area contributed by atoms with Crippen molar-refractivity contribution in [2.45, 2.75) is 12.8 Å². The number of hydrogen-bond donors (Lipinski definition) is 3. The van der Waals surface area contributed by atoms with Crippen molar-refractivity contribution >= 4 is 5.91 Å². The third-order valence-corrected chi connectivity index (χ3v) is 3.23. The molecule has 1 aromatic heterocycles. The second-order valence-corrected chi connectivity index (χ2v) is 5.00. The molecule has 0 bridgehead atoms. The summed E-state index contributed by atoms with van der Waals surface area (Å²) in [5.74, 6) is 6.51. The molecule has 5 N–H and O–H groups in total. The summed E-state index contributed by atoms with van der Waals surface area (Å²) in [6.07, 6.45) is 1.75. The maximum Gasteiger partial charge on any atom is 0.287 e. The minimum absolute atomic E-state index is 0.215. The number of carbonyl (C=O) groups excluding carboxylic acids is 1. The van der Waals surface area contributed by atoms with Crippen molar-refractivity contribution in [2.75, 3.05) is 19.6 Å². The highest BCUT2D eigenvalue weighted by Crippen LogP contribution is 2.23. The van der Waals surface area contributed by atoms with Crippen LogP contribution < -0.4 is 16.8 Å². The maximum absolute atomic E-state index is 12.0. The number of nitrogens with two attached hydrogens (primary N) is 2. The van der Waals surface area contributed by atoms with E-state index in [4.69, 9.17) is 15.9 Å². The van der Waals surface area contributed by atoms with Gasteiger partial charge in [-0.05, 0) is 43.7 Å². The second-order valence-electron chi connectivity index (χ2n) is 5.00. The quantitative estimate of drug-likeness (QED) is 0.559. The molecule has 1 aromatic carbocycles. The van der Waals surface area contributed by atoms with Crippen LogP contribution in [0.4, 0.5) is 0 Å². The van der Waals surface area contributed by atoms with E-state index in [-0.39, 0.29) is 5.91 Å². The zero-order valence-electron chi connectivity index (χ0n) is 13.0. The van der Waals surface area contributed by atoms with E-state index in [0.29, 0.717) is 31.2 Å². The van der Waals surface area contributed by atoms with E-state index < -0.39 is 0 Å². The van der Waals surface area contributed by atoms with Gasteiger partial charge in [0.15, 0.2) is 5.76 Å². The Labute approximate surface area is 136 Å². The largest absolute Gasteiger partial charge is 0.451 e. The molecule has 1 amide bonds. The van der Waals surface area contributed by atoms with Gasteiger partial charge in [-0.25, -0.2) is 0 Å². The van der Waals surface area contributed by atoms with E-state index in [0.717, 1.165) is 24.0 Å².